The zero-order valence-corrected chi connectivity index (χ0v) is 22.4. The summed E-state index contributed by atoms with van der Waals surface area (Å²) in [5.74, 6) is -1.30. The molecule has 0 aliphatic rings. The van der Waals surface area contributed by atoms with Gasteiger partial charge < -0.3 is 19.5 Å². The van der Waals surface area contributed by atoms with Crippen molar-refractivity contribution in [2.45, 2.75) is 25.3 Å². The summed E-state index contributed by atoms with van der Waals surface area (Å²) >= 11 is 6.48. The molecule has 0 aliphatic carbocycles. The average molecular weight is 554 g/mol. The second-order valence-corrected chi connectivity index (χ2v) is 9.94. The lowest BCUT2D eigenvalue weighted by Crippen LogP contribution is -2.17. The number of nitrogens with zero attached hydrogens (tertiary/aromatic N) is 1. The molecule has 0 saturated carbocycles. The fourth-order valence-electron chi connectivity index (χ4n) is 5.20. The van der Waals surface area contributed by atoms with E-state index in [-0.39, 0.29) is 18.0 Å². The Balaban J connectivity index is 1.62. The third kappa shape index (κ3) is 5.87. The molecule has 7 heteroatoms. The number of aromatic nitrogens is 1. The first kappa shape index (κ1) is 27.0. The van der Waals surface area contributed by atoms with Crippen LogP contribution in [0.4, 0.5) is 0 Å². The number of aromatic carboxylic acids is 1. The topological polar surface area (TPSA) is 88.8 Å². The molecular weight excluding hydrogens is 526 g/mol. The maximum atomic E-state index is 11.8. The summed E-state index contributed by atoms with van der Waals surface area (Å²) in [5, 5.41) is 20.3. The van der Waals surface area contributed by atoms with Crippen molar-refractivity contribution in [2.75, 3.05) is 6.61 Å². The molecule has 6 nitrogen and oxygen atoms in total. The molecule has 1 heterocycles. The number of benzene rings is 4. The van der Waals surface area contributed by atoms with Crippen LogP contribution >= 0.6 is 11.6 Å². The molecule has 0 amide bonds. The Morgan fingerprint density at radius 2 is 1.43 bits per heavy atom. The fraction of sp³-hybridized carbons (Fsp3) is 0.152. The van der Waals surface area contributed by atoms with E-state index in [1.165, 1.54) is 12.1 Å². The minimum absolute atomic E-state index is 0.0230. The lowest BCUT2D eigenvalue weighted by molar-refractivity contribution is -0.137. The first-order valence-electron chi connectivity index (χ1n) is 13.0. The average Bonchev–Trinajstić information content (AvgIpc) is 3.25. The molecule has 0 spiro atoms. The van der Waals surface area contributed by atoms with Crippen molar-refractivity contribution in [3.63, 3.8) is 0 Å². The number of carboxylic acids is 2. The number of hydrogen-bond donors (Lipinski definition) is 2. The molecule has 0 radical (unpaired) electrons. The van der Waals surface area contributed by atoms with Crippen molar-refractivity contribution in [1.82, 2.24) is 4.57 Å². The Bertz CT molecular complexity index is 1590. The van der Waals surface area contributed by atoms with Gasteiger partial charge in [0.15, 0.2) is 0 Å². The van der Waals surface area contributed by atoms with Gasteiger partial charge in [0.2, 0.25) is 0 Å². The maximum absolute atomic E-state index is 11.8. The molecule has 0 unspecified atom stereocenters. The van der Waals surface area contributed by atoms with Gasteiger partial charge in [-0.2, -0.15) is 0 Å². The SMILES string of the molecule is O=C(O)CCc1c(CCOc2ccc(C(=O)O)cc2)c2cc(Cl)ccc2n1C(c1ccccc1)c1ccccc1. The Labute approximate surface area is 237 Å². The highest BCUT2D eigenvalue weighted by atomic mass is 35.5. The largest absolute Gasteiger partial charge is 0.493 e. The molecule has 5 rings (SSSR count). The van der Waals surface area contributed by atoms with Gasteiger partial charge in [-0.05, 0) is 65.6 Å². The molecule has 0 bridgehead atoms. The third-order valence-corrected chi connectivity index (χ3v) is 7.20. The van der Waals surface area contributed by atoms with E-state index in [1.807, 2.05) is 54.6 Å². The lowest BCUT2D eigenvalue weighted by Gasteiger charge is -2.25. The monoisotopic (exact) mass is 553 g/mol. The van der Waals surface area contributed by atoms with Crippen LogP contribution in [-0.4, -0.2) is 33.3 Å². The summed E-state index contributed by atoms with van der Waals surface area (Å²) < 4.78 is 8.24. The second kappa shape index (κ2) is 12.1. The number of ether oxygens (including phenoxy) is 1. The minimum atomic E-state index is -0.995. The highest BCUT2D eigenvalue weighted by Gasteiger charge is 2.26. The van der Waals surface area contributed by atoms with Gasteiger partial charge in [-0.25, -0.2) is 4.79 Å². The number of fused-ring (bicyclic) bond motifs is 1. The van der Waals surface area contributed by atoms with Gasteiger partial charge in [-0.3, -0.25) is 4.79 Å². The molecule has 0 atom stereocenters. The predicted molar refractivity (Wildman–Crippen MR) is 156 cm³/mol. The van der Waals surface area contributed by atoms with Crippen LogP contribution in [-0.2, 0) is 17.6 Å². The van der Waals surface area contributed by atoms with Crippen LogP contribution in [0.1, 0.15) is 45.2 Å². The summed E-state index contributed by atoms with van der Waals surface area (Å²) in [6.45, 7) is 0.319. The zero-order valence-electron chi connectivity index (χ0n) is 21.7. The highest BCUT2D eigenvalue weighted by molar-refractivity contribution is 6.31. The molecule has 1 aromatic heterocycles. The molecule has 40 heavy (non-hydrogen) atoms. The van der Waals surface area contributed by atoms with Crippen LogP contribution < -0.4 is 4.74 Å². The summed E-state index contributed by atoms with van der Waals surface area (Å²) in [7, 11) is 0. The van der Waals surface area contributed by atoms with Crippen LogP contribution in [0.2, 0.25) is 5.02 Å². The van der Waals surface area contributed by atoms with Crippen molar-refractivity contribution in [2.24, 2.45) is 0 Å². The zero-order chi connectivity index (χ0) is 28.1. The van der Waals surface area contributed by atoms with Crippen LogP contribution in [0.25, 0.3) is 10.9 Å². The molecule has 2 N–H and O–H groups in total. The van der Waals surface area contributed by atoms with Crippen molar-refractivity contribution in [3.05, 3.63) is 136 Å². The number of rotatable bonds is 11. The summed E-state index contributed by atoms with van der Waals surface area (Å²) in [6, 6.07) is 32.2. The molecule has 4 aromatic carbocycles. The van der Waals surface area contributed by atoms with Crippen molar-refractivity contribution >= 4 is 34.4 Å². The van der Waals surface area contributed by atoms with E-state index >= 15 is 0 Å². The molecule has 0 aliphatic heterocycles. The lowest BCUT2D eigenvalue weighted by atomic mass is 9.97. The fourth-order valence-corrected chi connectivity index (χ4v) is 5.37. The van der Waals surface area contributed by atoms with Gasteiger partial charge in [0, 0.05) is 28.0 Å². The smallest absolute Gasteiger partial charge is 0.335 e. The predicted octanol–water partition coefficient (Wildman–Crippen LogP) is 7.27. The van der Waals surface area contributed by atoms with E-state index in [2.05, 4.69) is 28.8 Å². The molecule has 5 aromatic rings. The van der Waals surface area contributed by atoms with Gasteiger partial charge in [-0.1, -0.05) is 72.3 Å². The Kier molecular flexibility index (Phi) is 8.18. The summed E-state index contributed by atoms with van der Waals surface area (Å²) in [5.41, 5.74) is 5.22. The number of carbonyl (C=O) groups is 2. The quantitative estimate of drug-likeness (QED) is 0.179. The molecular formula is C33H28ClNO5. The first-order valence-corrected chi connectivity index (χ1v) is 13.4. The van der Waals surface area contributed by atoms with Crippen LogP contribution in [0.15, 0.2) is 103 Å². The van der Waals surface area contributed by atoms with Gasteiger partial charge in [0.05, 0.1) is 24.6 Å². The number of halogens is 1. The van der Waals surface area contributed by atoms with Crippen molar-refractivity contribution in [3.8, 4) is 5.75 Å². The van der Waals surface area contributed by atoms with Crippen LogP contribution in [0, 0.1) is 0 Å². The molecule has 0 fully saturated rings. The van der Waals surface area contributed by atoms with E-state index in [0.717, 1.165) is 33.3 Å². The number of aliphatic carboxylic acids is 1. The Morgan fingerprint density at radius 3 is 2.00 bits per heavy atom. The van der Waals surface area contributed by atoms with Crippen molar-refractivity contribution in [1.29, 1.82) is 0 Å². The normalized spacial score (nSPS) is 11.2. The molecule has 0 saturated heterocycles. The third-order valence-electron chi connectivity index (χ3n) is 6.97. The standard InChI is InChI=1S/C33H28ClNO5/c34-25-13-16-30-28(21-25)27(19-20-40-26-14-11-24(12-15-26)33(38)39)29(17-18-31(36)37)35(30)32(22-7-3-1-4-8-22)23-9-5-2-6-10-23/h1-16,21,32H,17-20H2,(H,36,37)(H,38,39). The van der Waals surface area contributed by atoms with Gasteiger partial charge in [0.25, 0.3) is 0 Å². The van der Waals surface area contributed by atoms with Crippen LogP contribution in [0.3, 0.4) is 0 Å². The van der Waals surface area contributed by atoms with Gasteiger partial charge >= 0.3 is 11.9 Å². The first-order chi connectivity index (χ1) is 19.4. The van der Waals surface area contributed by atoms with E-state index in [0.29, 0.717) is 30.2 Å². The van der Waals surface area contributed by atoms with E-state index < -0.39 is 11.9 Å². The number of carboxylic acid groups (broad SMARTS) is 2. The minimum Gasteiger partial charge on any atom is -0.493 e. The Morgan fingerprint density at radius 1 is 0.800 bits per heavy atom. The Hall–Kier alpha value is -4.55. The van der Waals surface area contributed by atoms with Crippen molar-refractivity contribution < 1.29 is 24.5 Å². The molecule has 202 valence electrons. The van der Waals surface area contributed by atoms with E-state index in [9.17, 15) is 14.7 Å². The maximum Gasteiger partial charge on any atom is 0.335 e. The summed E-state index contributed by atoms with van der Waals surface area (Å²) in [4.78, 5) is 22.9. The summed E-state index contributed by atoms with van der Waals surface area (Å²) in [6.07, 6.45) is 0.821. The van der Waals surface area contributed by atoms with E-state index in [4.69, 9.17) is 21.4 Å². The highest BCUT2D eigenvalue weighted by Crippen LogP contribution is 2.38. The van der Waals surface area contributed by atoms with Gasteiger partial charge in [0.1, 0.15) is 5.75 Å². The second-order valence-electron chi connectivity index (χ2n) is 9.50. The van der Waals surface area contributed by atoms with Crippen LogP contribution in [0.5, 0.6) is 5.75 Å². The number of hydrogen-bond acceptors (Lipinski definition) is 3. The van der Waals surface area contributed by atoms with E-state index in [1.54, 1.807) is 12.1 Å². The van der Waals surface area contributed by atoms with Gasteiger partial charge in [-0.15, -0.1) is 0 Å².